The van der Waals surface area contributed by atoms with Gasteiger partial charge in [-0.15, -0.1) is 0 Å². The van der Waals surface area contributed by atoms with Crippen molar-refractivity contribution in [2.75, 3.05) is 13.1 Å². The van der Waals surface area contributed by atoms with E-state index >= 15 is 0 Å². The lowest BCUT2D eigenvalue weighted by Gasteiger charge is -2.17. The Hall–Kier alpha value is -2.32. The Kier molecular flexibility index (Phi) is 5.86. The van der Waals surface area contributed by atoms with Crippen molar-refractivity contribution in [3.05, 3.63) is 65.7 Å². The fourth-order valence-electron chi connectivity index (χ4n) is 3.14. The van der Waals surface area contributed by atoms with Gasteiger partial charge < -0.3 is 5.32 Å². The maximum absolute atomic E-state index is 13.9. The summed E-state index contributed by atoms with van der Waals surface area (Å²) in [6, 6.07) is 11.9. The number of nitrogens with one attached hydrogen (secondary N) is 1. The van der Waals surface area contributed by atoms with Crippen LogP contribution in [-0.4, -0.2) is 31.7 Å². The molecule has 5 nitrogen and oxygen atoms in total. The molecule has 0 bridgehead atoms. The minimum Gasteiger partial charge on any atom is -0.352 e. The maximum Gasteiger partial charge on any atom is 0.245 e. The van der Waals surface area contributed by atoms with Crippen LogP contribution in [0.2, 0.25) is 0 Å². The molecule has 3 rings (SSSR count). The molecular formula is C19H20F2N2O3S. The zero-order valence-corrected chi connectivity index (χ0v) is 15.4. The summed E-state index contributed by atoms with van der Waals surface area (Å²) in [4.78, 5) is 11.6. The van der Waals surface area contributed by atoms with E-state index in [1.165, 1.54) is 0 Å². The summed E-state index contributed by atoms with van der Waals surface area (Å²) in [5.41, 5.74) is 0.980. The zero-order chi connectivity index (χ0) is 19.4. The van der Waals surface area contributed by atoms with E-state index in [-0.39, 0.29) is 31.3 Å². The van der Waals surface area contributed by atoms with Gasteiger partial charge >= 0.3 is 0 Å². The number of benzene rings is 2. The minimum absolute atomic E-state index is 0.137. The van der Waals surface area contributed by atoms with Gasteiger partial charge in [-0.25, -0.2) is 17.2 Å². The standard InChI is InChI=1S/C19H20F2N2O3S/c20-16-6-7-18(17(21)11-16)27(25,26)23-9-8-15(13-23)10-19(24)22-12-14-4-2-1-3-5-14/h1-7,11,15H,8-10,12-13H2,(H,22,24). The third kappa shape index (κ3) is 4.70. The summed E-state index contributed by atoms with van der Waals surface area (Å²) >= 11 is 0. The van der Waals surface area contributed by atoms with Crippen molar-refractivity contribution in [2.45, 2.75) is 24.3 Å². The van der Waals surface area contributed by atoms with Crippen LogP contribution in [0.1, 0.15) is 18.4 Å². The SMILES string of the molecule is O=C(CC1CCN(S(=O)(=O)c2ccc(F)cc2F)C1)NCc1ccccc1. The number of carbonyl (C=O) groups is 1. The first kappa shape index (κ1) is 19.4. The number of carbonyl (C=O) groups excluding carboxylic acids is 1. The largest absolute Gasteiger partial charge is 0.352 e. The molecule has 1 fully saturated rings. The molecule has 0 aromatic heterocycles. The Labute approximate surface area is 157 Å². The molecule has 0 radical (unpaired) electrons. The van der Waals surface area contributed by atoms with Crippen LogP contribution >= 0.6 is 0 Å². The number of amides is 1. The van der Waals surface area contributed by atoms with Crippen LogP contribution in [0.15, 0.2) is 53.4 Å². The molecule has 1 unspecified atom stereocenters. The molecule has 0 saturated carbocycles. The zero-order valence-electron chi connectivity index (χ0n) is 14.6. The summed E-state index contributed by atoms with van der Waals surface area (Å²) in [6.45, 7) is 0.753. The predicted molar refractivity (Wildman–Crippen MR) is 96.1 cm³/mol. The van der Waals surface area contributed by atoms with Crippen LogP contribution in [0.5, 0.6) is 0 Å². The number of rotatable bonds is 6. The molecule has 0 aliphatic carbocycles. The Morgan fingerprint density at radius 2 is 1.89 bits per heavy atom. The molecule has 1 saturated heterocycles. The second kappa shape index (κ2) is 8.14. The number of hydrogen-bond donors (Lipinski definition) is 1. The topological polar surface area (TPSA) is 66.5 Å². The average molecular weight is 394 g/mol. The van der Waals surface area contributed by atoms with Crippen molar-refractivity contribution in [1.29, 1.82) is 0 Å². The summed E-state index contributed by atoms with van der Waals surface area (Å²) in [7, 11) is -4.05. The number of hydrogen-bond acceptors (Lipinski definition) is 3. The molecule has 144 valence electrons. The molecular weight excluding hydrogens is 374 g/mol. The molecule has 1 amide bonds. The lowest BCUT2D eigenvalue weighted by Crippen LogP contribution is -2.31. The summed E-state index contributed by atoms with van der Waals surface area (Å²) < 4.78 is 53.2. The first-order valence-corrected chi connectivity index (χ1v) is 10.1. The Morgan fingerprint density at radius 3 is 2.59 bits per heavy atom. The molecule has 8 heteroatoms. The van der Waals surface area contributed by atoms with Crippen molar-refractivity contribution in [1.82, 2.24) is 9.62 Å². The molecule has 2 aromatic rings. The van der Waals surface area contributed by atoms with E-state index in [0.717, 1.165) is 22.0 Å². The van der Waals surface area contributed by atoms with Crippen LogP contribution in [0.4, 0.5) is 8.78 Å². The number of halogens is 2. The van der Waals surface area contributed by atoms with Gasteiger partial charge in [-0.1, -0.05) is 30.3 Å². The monoisotopic (exact) mass is 394 g/mol. The van der Waals surface area contributed by atoms with Crippen molar-refractivity contribution in [2.24, 2.45) is 5.92 Å². The quantitative estimate of drug-likeness (QED) is 0.819. The number of nitrogens with zero attached hydrogens (tertiary/aromatic N) is 1. The van der Waals surface area contributed by atoms with Crippen molar-refractivity contribution in [3.63, 3.8) is 0 Å². The van der Waals surface area contributed by atoms with Gasteiger partial charge in [0.2, 0.25) is 15.9 Å². The Bertz CT molecular complexity index is 920. The predicted octanol–water partition coefficient (Wildman–Crippen LogP) is 2.68. The van der Waals surface area contributed by atoms with Gasteiger partial charge in [0.15, 0.2) is 0 Å². The van der Waals surface area contributed by atoms with Gasteiger partial charge in [0.1, 0.15) is 16.5 Å². The van der Waals surface area contributed by atoms with Crippen molar-refractivity contribution < 1.29 is 22.0 Å². The Balaban J connectivity index is 1.57. The highest BCUT2D eigenvalue weighted by Crippen LogP contribution is 2.27. The normalized spacial score (nSPS) is 17.8. The minimum atomic E-state index is -4.05. The second-order valence-electron chi connectivity index (χ2n) is 6.56. The molecule has 2 aromatic carbocycles. The molecule has 1 heterocycles. The van der Waals surface area contributed by atoms with Crippen LogP contribution < -0.4 is 5.32 Å². The van der Waals surface area contributed by atoms with E-state index in [1.807, 2.05) is 30.3 Å². The lowest BCUT2D eigenvalue weighted by atomic mass is 10.0. The average Bonchev–Trinajstić information content (AvgIpc) is 3.10. The maximum atomic E-state index is 13.9. The fraction of sp³-hybridized carbons (Fsp3) is 0.316. The molecule has 1 aliphatic rings. The first-order valence-electron chi connectivity index (χ1n) is 8.62. The van der Waals surface area contributed by atoms with Gasteiger partial charge in [0, 0.05) is 32.1 Å². The summed E-state index contributed by atoms with van der Waals surface area (Å²) in [6.07, 6.45) is 0.714. The van der Waals surface area contributed by atoms with E-state index < -0.39 is 26.6 Å². The summed E-state index contributed by atoms with van der Waals surface area (Å²) in [5.74, 6) is -2.24. The van der Waals surface area contributed by atoms with Crippen LogP contribution in [0.25, 0.3) is 0 Å². The molecule has 27 heavy (non-hydrogen) atoms. The van der Waals surface area contributed by atoms with Crippen molar-refractivity contribution in [3.8, 4) is 0 Å². The van der Waals surface area contributed by atoms with Crippen LogP contribution in [0.3, 0.4) is 0 Å². The van der Waals surface area contributed by atoms with E-state index in [1.54, 1.807) is 0 Å². The first-order chi connectivity index (χ1) is 12.9. The third-order valence-corrected chi connectivity index (χ3v) is 6.47. The van der Waals surface area contributed by atoms with Gasteiger partial charge in [0.25, 0.3) is 0 Å². The molecule has 0 spiro atoms. The highest BCUT2D eigenvalue weighted by Gasteiger charge is 2.34. The highest BCUT2D eigenvalue weighted by molar-refractivity contribution is 7.89. The Morgan fingerprint density at radius 1 is 1.15 bits per heavy atom. The van der Waals surface area contributed by atoms with Gasteiger partial charge in [0.05, 0.1) is 0 Å². The lowest BCUT2D eigenvalue weighted by molar-refractivity contribution is -0.122. The van der Waals surface area contributed by atoms with Gasteiger partial charge in [-0.3, -0.25) is 4.79 Å². The second-order valence-corrected chi connectivity index (χ2v) is 8.47. The smallest absolute Gasteiger partial charge is 0.245 e. The highest BCUT2D eigenvalue weighted by atomic mass is 32.2. The summed E-state index contributed by atoms with van der Waals surface area (Å²) in [5, 5.41) is 2.82. The van der Waals surface area contributed by atoms with Gasteiger partial charge in [-0.05, 0) is 30.0 Å². The van der Waals surface area contributed by atoms with E-state index in [2.05, 4.69) is 5.32 Å². The molecule has 1 atom stereocenters. The van der Waals surface area contributed by atoms with Crippen LogP contribution in [0, 0.1) is 17.6 Å². The van der Waals surface area contributed by atoms with E-state index in [9.17, 15) is 22.0 Å². The van der Waals surface area contributed by atoms with Gasteiger partial charge in [-0.2, -0.15) is 4.31 Å². The third-order valence-electron chi connectivity index (χ3n) is 4.57. The van der Waals surface area contributed by atoms with Crippen LogP contribution in [-0.2, 0) is 21.4 Å². The van der Waals surface area contributed by atoms with E-state index in [0.29, 0.717) is 19.0 Å². The molecule has 1 aliphatic heterocycles. The number of sulfonamides is 1. The fourth-order valence-corrected chi connectivity index (χ4v) is 4.71. The van der Waals surface area contributed by atoms with Crippen molar-refractivity contribution >= 4 is 15.9 Å². The molecule has 1 N–H and O–H groups in total. The van der Waals surface area contributed by atoms with E-state index in [4.69, 9.17) is 0 Å².